The van der Waals surface area contributed by atoms with E-state index in [0.29, 0.717) is 5.92 Å². The van der Waals surface area contributed by atoms with E-state index < -0.39 is 0 Å². The number of aryl methyl sites for hydroxylation is 1. The van der Waals surface area contributed by atoms with Crippen LogP contribution in [0.25, 0.3) is 11.0 Å². The fraction of sp³-hybridized carbons (Fsp3) is 0.467. The zero-order chi connectivity index (χ0) is 13.7. The Balaban J connectivity index is 1.64. The van der Waals surface area contributed by atoms with E-state index in [1.54, 1.807) is 0 Å². The van der Waals surface area contributed by atoms with Gasteiger partial charge in [0.2, 0.25) is 0 Å². The molecular formula is C15H18N4O. The standard InChI is InChI=1S/C15H18N4O/c1-8-15(18-11-5-3-2-4-10(11)17-8)19-13-12(16)9-6-7-20-14(9)13/h2-5,9,12-14H,6-7,16H2,1H3,(H,18,19). The van der Waals surface area contributed by atoms with Gasteiger partial charge in [-0.2, -0.15) is 0 Å². The molecule has 4 unspecified atom stereocenters. The molecule has 5 heteroatoms. The summed E-state index contributed by atoms with van der Waals surface area (Å²) in [6.07, 6.45) is 1.31. The predicted molar refractivity (Wildman–Crippen MR) is 77.5 cm³/mol. The van der Waals surface area contributed by atoms with Crippen molar-refractivity contribution >= 4 is 16.9 Å². The zero-order valence-corrected chi connectivity index (χ0v) is 11.4. The van der Waals surface area contributed by atoms with Crippen molar-refractivity contribution in [3.8, 4) is 0 Å². The van der Waals surface area contributed by atoms with E-state index in [4.69, 9.17) is 10.5 Å². The topological polar surface area (TPSA) is 73.1 Å². The Morgan fingerprint density at radius 3 is 2.80 bits per heavy atom. The van der Waals surface area contributed by atoms with Crippen LogP contribution in [0.15, 0.2) is 24.3 Å². The Kier molecular flexibility index (Phi) is 2.65. The third-order valence-corrected chi connectivity index (χ3v) is 4.49. The Morgan fingerprint density at radius 2 is 2.00 bits per heavy atom. The summed E-state index contributed by atoms with van der Waals surface area (Å²) < 4.78 is 5.74. The maximum absolute atomic E-state index is 6.23. The fourth-order valence-electron chi connectivity index (χ4n) is 3.31. The first-order valence-corrected chi connectivity index (χ1v) is 7.11. The van der Waals surface area contributed by atoms with E-state index in [2.05, 4.69) is 15.3 Å². The molecule has 2 aliphatic rings. The van der Waals surface area contributed by atoms with Crippen molar-refractivity contribution in [1.29, 1.82) is 0 Å². The van der Waals surface area contributed by atoms with E-state index in [1.165, 1.54) is 0 Å². The van der Waals surface area contributed by atoms with Crippen molar-refractivity contribution in [2.24, 2.45) is 11.7 Å². The molecule has 0 amide bonds. The van der Waals surface area contributed by atoms with Crippen molar-refractivity contribution in [1.82, 2.24) is 9.97 Å². The smallest absolute Gasteiger partial charge is 0.148 e. The highest BCUT2D eigenvalue weighted by Gasteiger charge is 2.52. The van der Waals surface area contributed by atoms with Gasteiger partial charge in [-0.15, -0.1) is 0 Å². The molecule has 20 heavy (non-hydrogen) atoms. The SMILES string of the molecule is Cc1nc2ccccc2nc1NC1C(N)C2CCOC21. The summed E-state index contributed by atoms with van der Waals surface area (Å²) in [5.74, 6) is 1.32. The molecule has 1 aliphatic carbocycles. The molecule has 0 bridgehead atoms. The van der Waals surface area contributed by atoms with Crippen molar-refractivity contribution in [2.75, 3.05) is 11.9 Å². The van der Waals surface area contributed by atoms with E-state index in [9.17, 15) is 0 Å². The monoisotopic (exact) mass is 270 g/mol. The highest BCUT2D eigenvalue weighted by molar-refractivity contribution is 5.76. The molecule has 2 heterocycles. The van der Waals surface area contributed by atoms with Crippen LogP contribution in [0.1, 0.15) is 12.1 Å². The van der Waals surface area contributed by atoms with Gasteiger partial charge in [0, 0.05) is 18.6 Å². The number of para-hydroxylation sites is 2. The summed E-state index contributed by atoms with van der Waals surface area (Å²) in [6.45, 7) is 2.79. The van der Waals surface area contributed by atoms with E-state index in [1.807, 2.05) is 31.2 Å². The molecule has 0 radical (unpaired) electrons. The summed E-state index contributed by atoms with van der Waals surface area (Å²) in [6, 6.07) is 8.20. The number of benzene rings is 1. The van der Waals surface area contributed by atoms with Gasteiger partial charge in [0.05, 0.1) is 28.9 Å². The van der Waals surface area contributed by atoms with Crippen LogP contribution in [0.5, 0.6) is 0 Å². The minimum atomic E-state index is 0.148. The molecule has 2 aromatic rings. The zero-order valence-electron chi connectivity index (χ0n) is 11.4. The number of hydrogen-bond acceptors (Lipinski definition) is 5. The largest absolute Gasteiger partial charge is 0.376 e. The Bertz CT molecular complexity index is 659. The first-order valence-electron chi connectivity index (χ1n) is 7.11. The lowest BCUT2D eigenvalue weighted by atomic mass is 9.72. The van der Waals surface area contributed by atoms with Gasteiger partial charge in [-0.1, -0.05) is 12.1 Å². The van der Waals surface area contributed by atoms with Crippen molar-refractivity contribution < 1.29 is 4.74 Å². The number of aromatic nitrogens is 2. The molecule has 1 saturated carbocycles. The average Bonchev–Trinajstić information content (AvgIpc) is 2.89. The van der Waals surface area contributed by atoms with Crippen LogP contribution < -0.4 is 11.1 Å². The molecule has 1 aliphatic heterocycles. The summed E-state index contributed by atoms with van der Waals surface area (Å²) >= 11 is 0. The molecule has 1 saturated heterocycles. The number of nitrogens with two attached hydrogens (primary N) is 1. The van der Waals surface area contributed by atoms with Crippen molar-refractivity contribution in [3.63, 3.8) is 0 Å². The molecule has 4 atom stereocenters. The molecule has 3 N–H and O–H groups in total. The van der Waals surface area contributed by atoms with Gasteiger partial charge in [0.1, 0.15) is 5.82 Å². The number of ether oxygens (including phenoxy) is 1. The number of nitrogens with one attached hydrogen (secondary N) is 1. The number of fused-ring (bicyclic) bond motifs is 2. The second-order valence-corrected chi connectivity index (χ2v) is 5.68. The van der Waals surface area contributed by atoms with E-state index in [-0.39, 0.29) is 18.2 Å². The number of rotatable bonds is 2. The van der Waals surface area contributed by atoms with Gasteiger partial charge in [-0.05, 0) is 25.5 Å². The van der Waals surface area contributed by atoms with E-state index in [0.717, 1.165) is 35.6 Å². The van der Waals surface area contributed by atoms with Crippen molar-refractivity contribution in [3.05, 3.63) is 30.0 Å². The van der Waals surface area contributed by atoms with Crippen LogP contribution in [-0.4, -0.2) is 34.8 Å². The number of anilines is 1. The molecule has 5 nitrogen and oxygen atoms in total. The molecule has 1 aromatic heterocycles. The number of nitrogens with zero attached hydrogens (tertiary/aromatic N) is 2. The quantitative estimate of drug-likeness (QED) is 0.864. The van der Waals surface area contributed by atoms with Gasteiger partial charge in [-0.25, -0.2) is 9.97 Å². The Labute approximate surface area is 117 Å². The van der Waals surface area contributed by atoms with Crippen LogP contribution in [0.4, 0.5) is 5.82 Å². The minimum Gasteiger partial charge on any atom is -0.376 e. The summed E-state index contributed by atoms with van der Waals surface area (Å²) in [5, 5.41) is 3.44. The second-order valence-electron chi connectivity index (χ2n) is 5.68. The Morgan fingerprint density at radius 1 is 1.25 bits per heavy atom. The molecule has 1 aromatic carbocycles. The lowest BCUT2D eigenvalue weighted by Gasteiger charge is -2.45. The van der Waals surface area contributed by atoms with Crippen LogP contribution in [0.2, 0.25) is 0 Å². The lowest BCUT2D eigenvalue weighted by Crippen LogP contribution is -2.65. The Hall–Kier alpha value is -1.72. The maximum Gasteiger partial charge on any atom is 0.148 e. The van der Waals surface area contributed by atoms with Gasteiger partial charge in [0.25, 0.3) is 0 Å². The minimum absolute atomic E-state index is 0.148. The van der Waals surface area contributed by atoms with Gasteiger partial charge in [0.15, 0.2) is 0 Å². The first kappa shape index (κ1) is 12.1. The number of hydrogen-bond donors (Lipinski definition) is 2. The van der Waals surface area contributed by atoms with Gasteiger partial charge < -0.3 is 15.8 Å². The lowest BCUT2D eigenvalue weighted by molar-refractivity contribution is 0.00522. The highest BCUT2D eigenvalue weighted by atomic mass is 16.5. The molecule has 104 valence electrons. The molecule has 4 rings (SSSR count). The van der Waals surface area contributed by atoms with Gasteiger partial charge in [-0.3, -0.25) is 0 Å². The molecule has 0 spiro atoms. The molecular weight excluding hydrogens is 252 g/mol. The van der Waals surface area contributed by atoms with Crippen LogP contribution in [0, 0.1) is 12.8 Å². The van der Waals surface area contributed by atoms with Gasteiger partial charge >= 0.3 is 0 Å². The first-order chi connectivity index (χ1) is 9.74. The highest BCUT2D eigenvalue weighted by Crippen LogP contribution is 2.39. The second kappa shape index (κ2) is 4.40. The third kappa shape index (κ3) is 1.70. The van der Waals surface area contributed by atoms with Crippen LogP contribution in [0.3, 0.4) is 0 Å². The van der Waals surface area contributed by atoms with E-state index >= 15 is 0 Å². The van der Waals surface area contributed by atoms with Crippen molar-refractivity contribution in [2.45, 2.75) is 31.5 Å². The normalized spacial score (nSPS) is 31.9. The van der Waals surface area contributed by atoms with Crippen LogP contribution in [-0.2, 0) is 4.74 Å². The third-order valence-electron chi connectivity index (χ3n) is 4.49. The maximum atomic E-state index is 6.23. The summed E-state index contributed by atoms with van der Waals surface area (Å²) in [5.41, 5.74) is 8.95. The predicted octanol–water partition coefficient (Wildman–Crippen LogP) is 1.46. The van der Waals surface area contributed by atoms with Crippen LogP contribution >= 0.6 is 0 Å². The molecule has 2 fully saturated rings. The summed E-state index contributed by atoms with van der Waals surface area (Å²) in [7, 11) is 0. The average molecular weight is 270 g/mol. The fourth-order valence-corrected chi connectivity index (χ4v) is 3.31. The summed E-state index contributed by atoms with van der Waals surface area (Å²) in [4.78, 5) is 9.25.